The highest BCUT2D eigenvalue weighted by Crippen LogP contribution is 2.47. The molecule has 1 amide bonds. The van der Waals surface area contributed by atoms with Gasteiger partial charge in [0.25, 0.3) is 5.56 Å². The first-order valence-corrected chi connectivity index (χ1v) is 17.9. The Labute approximate surface area is 311 Å². The number of piperazine rings is 1. The zero-order valence-electron chi connectivity index (χ0n) is 30.0. The van der Waals surface area contributed by atoms with Crippen LogP contribution in [0, 0.1) is 24.4 Å². The number of hydrogen-bond donors (Lipinski definition) is 1. The lowest BCUT2D eigenvalue weighted by Gasteiger charge is -2.52. The predicted octanol–water partition coefficient (Wildman–Crippen LogP) is 7.15. The first-order valence-electron chi connectivity index (χ1n) is 17.2. The van der Waals surface area contributed by atoms with Crippen molar-refractivity contribution >= 4 is 57.1 Å². The van der Waals surface area contributed by atoms with E-state index in [1.54, 1.807) is 24.1 Å². The minimum atomic E-state index is -1.22. The number of hydrogen-bond acceptors (Lipinski definition) is 7. The summed E-state index contributed by atoms with van der Waals surface area (Å²) in [4.78, 5) is 40.6. The zero-order chi connectivity index (χ0) is 37.9. The molecular weight excluding hydrogens is 714 g/mol. The third-order valence-corrected chi connectivity index (χ3v) is 10.6. The number of carbonyl (C=O) groups excluding carboxylic acids is 1. The maximum Gasteiger partial charge on any atom is 0.281 e. The fraction of sp³-hybridized carbons (Fsp3) is 0.395. The highest BCUT2D eigenvalue weighted by atomic mass is 35.5. The zero-order valence-corrected chi connectivity index (χ0v) is 31.5. The van der Waals surface area contributed by atoms with Gasteiger partial charge in [0.2, 0.25) is 5.91 Å². The minimum Gasteiger partial charge on any atom is -0.397 e. The van der Waals surface area contributed by atoms with Gasteiger partial charge in [0, 0.05) is 49.4 Å². The van der Waals surface area contributed by atoms with Crippen LogP contribution in [0.25, 0.3) is 27.7 Å². The molecule has 6 rings (SSSR count). The van der Waals surface area contributed by atoms with Crippen molar-refractivity contribution in [3.8, 4) is 16.8 Å². The molecule has 4 heterocycles. The monoisotopic (exact) mass is 755 g/mol. The second-order valence-electron chi connectivity index (χ2n) is 14.2. The quantitative estimate of drug-likeness (QED) is 0.116. The van der Waals surface area contributed by atoms with Crippen molar-refractivity contribution in [1.29, 1.82) is 0 Å². The number of aryl methyl sites for hydroxylation is 1. The average molecular weight is 757 g/mol. The van der Waals surface area contributed by atoms with Gasteiger partial charge in [-0.05, 0) is 76.7 Å². The van der Waals surface area contributed by atoms with Crippen LogP contribution in [0.4, 0.5) is 30.2 Å². The summed E-state index contributed by atoms with van der Waals surface area (Å²) in [6.07, 6.45) is 3.57. The van der Waals surface area contributed by atoms with Gasteiger partial charge >= 0.3 is 0 Å². The minimum absolute atomic E-state index is 0.0939. The molecule has 9 nitrogen and oxygen atoms in total. The van der Waals surface area contributed by atoms with Crippen LogP contribution in [0.5, 0.6) is 0 Å². The Morgan fingerprint density at radius 1 is 1.08 bits per heavy atom. The molecule has 0 spiro atoms. The van der Waals surface area contributed by atoms with Crippen LogP contribution in [0.2, 0.25) is 10.0 Å². The van der Waals surface area contributed by atoms with Crippen LogP contribution >= 0.6 is 23.2 Å². The van der Waals surface area contributed by atoms with Gasteiger partial charge in [-0.3, -0.25) is 19.1 Å². The van der Waals surface area contributed by atoms with Crippen molar-refractivity contribution in [2.75, 3.05) is 62.4 Å². The highest BCUT2D eigenvalue weighted by molar-refractivity contribution is 6.37. The second-order valence-corrected chi connectivity index (χ2v) is 15.0. The van der Waals surface area contributed by atoms with E-state index in [4.69, 9.17) is 28.9 Å². The molecule has 2 aliphatic heterocycles. The molecule has 2 atom stereocenters. The molecule has 0 saturated carbocycles. The SMILES string of the molecule is C=CC(=O)N1CC2CN(CCCN(C)C)c3c(c4cc(F)c(-c5c(N)c(Cl)cc(Cl)c5F)c(F)c4n(-c4c(C)ccnc4C(C)C)c3=O)N2CC1C. The number of halogens is 5. The smallest absolute Gasteiger partial charge is 0.281 e. The number of nitrogens with two attached hydrogens (primary N) is 1. The molecule has 2 N–H and O–H groups in total. The molecule has 0 aliphatic carbocycles. The number of aromatic nitrogens is 2. The van der Waals surface area contributed by atoms with Crippen LogP contribution in [-0.4, -0.2) is 84.2 Å². The van der Waals surface area contributed by atoms with Crippen LogP contribution in [0.1, 0.15) is 44.4 Å². The van der Waals surface area contributed by atoms with Crippen molar-refractivity contribution < 1.29 is 18.0 Å². The van der Waals surface area contributed by atoms with Gasteiger partial charge in [-0.1, -0.05) is 43.6 Å². The highest BCUT2D eigenvalue weighted by Gasteiger charge is 2.43. The van der Waals surface area contributed by atoms with E-state index in [0.717, 1.165) is 18.7 Å². The van der Waals surface area contributed by atoms with Crippen molar-refractivity contribution in [3.63, 3.8) is 0 Å². The number of nitrogen functional groups attached to an aromatic ring is 1. The van der Waals surface area contributed by atoms with E-state index < -0.39 is 44.8 Å². The molecule has 2 unspecified atom stereocenters. The van der Waals surface area contributed by atoms with Gasteiger partial charge in [0.05, 0.1) is 49.9 Å². The van der Waals surface area contributed by atoms with Crippen LogP contribution in [0.3, 0.4) is 0 Å². The Hall–Kier alpha value is -4.26. The van der Waals surface area contributed by atoms with Gasteiger partial charge in [-0.15, -0.1) is 0 Å². The Bertz CT molecular complexity index is 2150. The Morgan fingerprint density at radius 3 is 2.44 bits per heavy atom. The number of carbonyl (C=O) groups is 1. The van der Waals surface area contributed by atoms with Crippen molar-refractivity contribution in [2.45, 2.75) is 52.1 Å². The molecule has 2 aromatic heterocycles. The largest absolute Gasteiger partial charge is 0.397 e. The number of amides is 1. The Balaban J connectivity index is 1.78. The third-order valence-electron chi connectivity index (χ3n) is 10.1. The summed E-state index contributed by atoms with van der Waals surface area (Å²) >= 11 is 12.4. The topological polar surface area (TPSA) is 90.9 Å². The molecule has 14 heteroatoms. The second kappa shape index (κ2) is 14.3. The molecule has 0 bridgehead atoms. The summed E-state index contributed by atoms with van der Waals surface area (Å²) in [5, 5.41) is -0.569. The summed E-state index contributed by atoms with van der Waals surface area (Å²) in [6.45, 7) is 13.3. The van der Waals surface area contributed by atoms with E-state index in [1.165, 1.54) is 10.6 Å². The molecule has 2 aliphatic rings. The first-order chi connectivity index (χ1) is 24.6. The van der Waals surface area contributed by atoms with Gasteiger partial charge in [-0.25, -0.2) is 13.2 Å². The van der Waals surface area contributed by atoms with Crippen molar-refractivity contribution in [1.82, 2.24) is 19.4 Å². The van der Waals surface area contributed by atoms with E-state index in [0.29, 0.717) is 48.7 Å². The fourth-order valence-electron chi connectivity index (χ4n) is 7.62. The maximum absolute atomic E-state index is 17.7. The lowest BCUT2D eigenvalue weighted by molar-refractivity contribution is -0.128. The van der Waals surface area contributed by atoms with E-state index in [1.807, 2.05) is 49.6 Å². The van der Waals surface area contributed by atoms with E-state index in [2.05, 4.69) is 11.6 Å². The molecule has 276 valence electrons. The summed E-state index contributed by atoms with van der Waals surface area (Å²) in [5.74, 6) is -3.92. The molecule has 0 radical (unpaired) electrons. The number of nitrogens with zero attached hydrogens (tertiary/aromatic N) is 6. The van der Waals surface area contributed by atoms with Crippen LogP contribution < -0.4 is 21.1 Å². The van der Waals surface area contributed by atoms with Gasteiger partial charge in [0.1, 0.15) is 11.5 Å². The molecule has 4 aromatic rings. The summed E-state index contributed by atoms with van der Waals surface area (Å²) < 4.78 is 51.4. The Morgan fingerprint density at radius 2 is 1.79 bits per heavy atom. The number of anilines is 3. The molecule has 2 aromatic carbocycles. The van der Waals surface area contributed by atoms with Gasteiger partial charge in [-0.2, -0.15) is 0 Å². The van der Waals surface area contributed by atoms with E-state index in [-0.39, 0.29) is 52.1 Å². The normalized spacial score (nSPS) is 17.3. The standard InChI is InChI=1S/C38H42Cl2F3N7O2/c1-8-27(51)48-18-22-17-47(13-9-12-46(6)7)37-36(49(22)16-21(48)5)23-14-26(41)28(29-30(42)24(39)15-25(40)32(29)44)31(43)35(23)50(38(37)52)34-20(4)10-11-45-33(34)19(2)3/h8,10-11,14-15,19,21-22H,1,9,12-13,16-18,44H2,2-7H3. The fourth-order valence-corrected chi connectivity index (χ4v) is 8.08. The molecule has 1 saturated heterocycles. The third kappa shape index (κ3) is 6.18. The van der Waals surface area contributed by atoms with Crippen LogP contribution in [0.15, 0.2) is 41.8 Å². The number of benzene rings is 2. The van der Waals surface area contributed by atoms with E-state index in [9.17, 15) is 4.79 Å². The maximum atomic E-state index is 17.7. The number of pyridine rings is 2. The van der Waals surface area contributed by atoms with Crippen molar-refractivity contribution in [3.05, 3.63) is 86.2 Å². The average Bonchev–Trinajstić information content (AvgIpc) is 3.08. The summed E-state index contributed by atoms with van der Waals surface area (Å²) in [7, 11) is 3.91. The Kier molecular flexibility index (Phi) is 10.3. The van der Waals surface area contributed by atoms with Crippen molar-refractivity contribution in [2.24, 2.45) is 0 Å². The number of fused-ring (bicyclic) bond motifs is 5. The van der Waals surface area contributed by atoms with Gasteiger partial charge < -0.3 is 25.3 Å². The molecule has 1 fully saturated rings. The van der Waals surface area contributed by atoms with Crippen LogP contribution in [-0.2, 0) is 4.79 Å². The lowest BCUT2D eigenvalue weighted by atomic mass is 9.94. The van der Waals surface area contributed by atoms with Gasteiger partial charge in [0.15, 0.2) is 11.6 Å². The first kappa shape index (κ1) is 37.5. The predicted molar refractivity (Wildman–Crippen MR) is 204 cm³/mol. The van der Waals surface area contributed by atoms with E-state index >= 15 is 18.0 Å². The molecule has 52 heavy (non-hydrogen) atoms. The lowest BCUT2D eigenvalue weighted by Crippen LogP contribution is -2.64. The summed E-state index contributed by atoms with van der Waals surface area (Å²) in [5.41, 5.74) is 5.60. The summed E-state index contributed by atoms with van der Waals surface area (Å²) in [6, 6.07) is 3.26. The number of rotatable bonds is 8. The molecular formula is C38H42Cl2F3N7O2.